The van der Waals surface area contributed by atoms with E-state index in [0.29, 0.717) is 6.04 Å². The van der Waals surface area contributed by atoms with Gasteiger partial charge in [0.1, 0.15) is 5.75 Å². The molecule has 0 amide bonds. The molecule has 0 spiro atoms. The van der Waals surface area contributed by atoms with Gasteiger partial charge in [-0.15, -0.1) is 0 Å². The zero-order valence-corrected chi connectivity index (χ0v) is 12.0. The largest absolute Gasteiger partial charge is 0.496 e. The summed E-state index contributed by atoms with van der Waals surface area (Å²) >= 11 is 0. The van der Waals surface area contributed by atoms with Crippen molar-refractivity contribution in [1.29, 1.82) is 0 Å². The van der Waals surface area contributed by atoms with Crippen LogP contribution < -0.4 is 15.0 Å². The second-order valence-corrected chi connectivity index (χ2v) is 5.19. The van der Waals surface area contributed by atoms with Crippen LogP contribution in [0.4, 0.5) is 11.4 Å². The quantitative estimate of drug-likeness (QED) is 0.922. The van der Waals surface area contributed by atoms with Gasteiger partial charge in [-0.25, -0.2) is 0 Å². The number of hydrogen-bond acceptors (Lipinski definition) is 3. The summed E-state index contributed by atoms with van der Waals surface area (Å²) in [5.41, 5.74) is 3.69. The minimum absolute atomic E-state index is 0.454. The van der Waals surface area contributed by atoms with Gasteiger partial charge in [-0.05, 0) is 25.1 Å². The number of rotatable bonds is 3. The van der Waals surface area contributed by atoms with Gasteiger partial charge in [0, 0.05) is 24.7 Å². The fourth-order valence-electron chi connectivity index (χ4n) is 2.74. The lowest BCUT2D eigenvalue weighted by Gasteiger charge is -2.38. The molecule has 1 aliphatic heterocycles. The van der Waals surface area contributed by atoms with E-state index in [1.54, 1.807) is 7.11 Å². The maximum Gasteiger partial charge on any atom is 0.123 e. The Balaban J connectivity index is 1.94. The highest BCUT2D eigenvalue weighted by Gasteiger charge is 2.23. The van der Waals surface area contributed by atoms with Crippen molar-refractivity contribution in [2.75, 3.05) is 23.9 Å². The first-order valence-corrected chi connectivity index (χ1v) is 7.01. The van der Waals surface area contributed by atoms with Gasteiger partial charge in [0.25, 0.3) is 0 Å². The molecule has 3 heteroatoms. The minimum atomic E-state index is 0.454. The summed E-state index contributed by atoms with van der Waals surface area (Å²) in [6, 6.07) is 17.2. The molecule has 3 nitrogen and oxygen atoms in total. The smallest absolute Gasteiger partial charge is 0.123 e. The van der Waals surface area contributed by atoms with Crippen LogP contribution in [0, 0.1) is 0 Å². The Morgan fingerprint density at radius 2 is 1.90 bits per heavy atom. The van der Waals surface area contributed by atoms with Gasteiger partial charge >= 0.3 is 0 Å². The molecular formula is C17H20N2O. The van der Waals surface area contributed by atoms with E-state index in [1.165, 1.54) is 16.9 Å². The van der Waals surface area contributed by atoms with Crippen LogP contribution in [-0.2, 0) is 6.54 Å². The Kier molecular flexibility index (Phi) is 3.50. The average molecular weight is 268 g/mol. The molecule has 2 aromatic carbocycles. The predicted molar refractivity (Wildman–Crippen MR) is 83.6 cm³/mol. The molecule has 1 aliphatic rings. The summed E-state index contributed by atoms with van der Waals surface area (Å²) in [5, 5.41) is 3.48. The molecule has 0 saturated heterocycles. The van der Waals surface area contributed by atoms with E-state index < -0.39 is 0 Å². The first-order valence-electron chi connectivity index (χ1n) is 7.01. The Morgan fingerprint density at radius 3 is 2.75 bits per heavy atom. The van der Waals surface area contributed by atoms with Crippen LogP contribution in [-0.4, -0.2) is 19.7 Å². The van der Waals surface area contributed by atoms with E-state index >= 15 is 0 Å². The molecule has 1 N–H and O–H groups in total. The van der Waals surface area contributed by atoms with E-state index in [4.69, 9.17) is 4.74 Å². The Labute approximate surface area is 120 Å². The molecule has 104 valence electrons. The summed E-state index contributed by atoms with van der Waals surface area (Å²) in [7, 11) is 1.73. The molecule has 0 aliphatic carbocycles. The third-order valence-electron chi connectivity index (χ3n) is 3.87. The number of hydrogen-bond donors (Lipinski definition) is 1. The fourth-order valence-corrected chi connectivity index (χ4v) is 2.74. The van der Waals surface area contributed by atoms with Crippen molar-refractivity contribution in [2.45, 2.75) is 19.5 Å². The monoisotopic (exact) mass is 268 g/mol. The van der Waals surface area contributed by atoms with Crippen LogP contribution in [0.1, 0.15) is 12.5 Å². The van der Waals surface area contributed by atoms with Crippen molar-refractivity contribution in [1.82, 2.24) is 0 Å². The van der Waals surface area contributed by atoms with Crippen LogP contribution in [0.15, 0.2) is 48.5 Å². The van der Waals surface area contributed by atoms with Gasteiger partial charge in [0.15, 0.2) is 0 Å². The standard InChI is InChI=1S/C17H20N2O/c1-13-11-18-15-8-4-5-9-16(15)19(13)12-14-7-3-6-10-17(14)20-2/h3-10,13,18H,11-12H2,1-2H3. The Bertz CT molecular complexity index is 597. The number of nitrogens with one attached hydrogen (secondary N) is 1. The number of ether oxygens (including phenoxy) is 1. The van der Waals surface area contributed by atoms with Crippen LogP contribution >= 0.6 is 0 Å². The summed E-state index contributed by atoms with van der Waals surface area (Å²) < 4.78 is 5.47. The number of benzene rings is 2. The predicted octanol–water partition coefficient (Wildman–Crippen LogP) is 3.52. The second-order valence-electron chi connectivity index (χ2n) is 5.19. The molecule has 20 heavy (non-hydrogen) atoms. The zero-order valence-electron chi connectivity index (χ0n) is 12.0. The van der Waals surface area contributed by atoms with Gasteiger partial charge in [0.05, 0.1) is 18.5 Å². The molecule has 0 radical (unpaired) electrons. The molecule has 0 aromatic heterocycles. The van der Waals surface area contributed by atoms with Gasteiger partial charge < -0.3 is 15.0 Å². The molecule has 0 saturated carbocycles. The van der Waals surface area contributed by atoms with Gasteiger partial charge in [0.2, 0.25) is 0 Å². The van der Waals surface area contributed by atoms with E-state index in [1.807, 2.05) is 12.1 Å². The SMILES string of the molecule is COc1ccccc1CN1c2ccccc2NCC1C. The minimum Gasteiger partial charge on any atom is -0.496 e. The van der Waals surface area contributed by atoms with Crippen molar-refractivity contribution in [3.63, 3.8) is 0 Å². The van der Waals surface area contributed by atoms with Crippen molar-refractivity contribution < 1.29 is 4.74 Å². The number of anilines is 2. The van der Waals surface area contributed by atoms with Crippen molar-refractivity contribution in [2.24, 2.45) is 0 Å². The average Bonchev–Trinajstić information content (AvgIpc) is 2.50. The fraction of sp³-hybridized carbons (Fsp3) is 0.294. The molecule has 1 unspecified atom stereocenters. The van der Waals surface area contributed by atoms with E-state index in [9.17, 15) is 0 Å². The van der Waals surface area contributed by atoms with Crippen LogP contribution in [0.5, 0.6) is 5.75 Å². The normalized spacial score (nSPS) is 17.3. The summed E-state index contributed by atoms with van der Waals surface area (Å²) in [6.07, 6.45) is 0. The second kappa shape index (κ2) is 5.45. The maximum atomic E-state index is 5.47. The first-order chi connectivity index (χ1) is 9.79. The number of methoxy groups -OCH3 is 1. The van der Waals surface area contributed by atoms with E-state index in [2.05, 4.69) is 53.5 Å². The number of nitrogens with zero attached hydrogens (tertiary/aromatic N) is 1. The third-order valence-corrected chi connectivity index (χ3v) is 3.87. The van der Waals surface area contributed by atoms with Gasteiger partial charge in [-0.1, -0.05) is 30.3 Å². The topological polar surface area (TPSA) is 24.5 Å². The number of para-hydroxylation sites is 3. The third kappa shape index (κ3) is 2.31. The highest BCUT2D eigenvalue weighted by atomic mass is 16.5. The molecule has 1 heterocycles. The zero-order chi connectivity index (χ0) is 13.9. The van der Waals surface area contributed by atoms with Crippen LogP contribution in [0.2, 0.25) is 0 Å². The number of fused-ring (bicyclic) bond motifs is 1. The van der Waals surface area contributed by atoms with E-state index in [0.717, 1.165) is 18.8 Å². The van der Waals surface area contributed by atoms with E-state index in [-0.39, 0.29) is 0 Å². The lowest BCUT2D eigenvalue weighted by Crippen LogP contribution is -2.41. The Hall–Kier alpha value is -2.16. The van der Waals surface area contributed by atoms with Crippen molar-refractivity contribution in [3.8, 4) is 5.75 Å². The molecule has 2 aromatic rings. The van der Waals surface area contributed by atoms with Gasteiger partial charge in [-0.3, -0.25) is 0 Å². The molecule has 0 bridgehead atoms. The Morgan fingerprint density at radius 1 is 1.15 bits per heavy atom. The highest BCUT2D eigenvalue weighted by molar-refractivity contribution is 5.72. The first kappa shape index (κ1) is 12.9. The summed E-state index contributed by atoms with van der Waals surface area (Å²) in [6.45, 7) is 4.08. The maximum absolute atomic E-state index is 5.47. The van der Waals surface area contributed by atoms with Crippen LogP contribution in [0.3, 0.4) is 0 Å². The molecule has 1 atom stereocenters. The van der Waals surface area contributed by atoms with Crippen LogP contribution in [0.25, 0.3) is 0 Å². The highest BCUT2D eigenvalue weighted by Crippen LogP contribution is 2.33. The summed E-state index contributed by atoms with van der Waals surface area (Å²) in [4.78, 5) is 2.43. The summed E-state index contributed by atoms with van der Waals surface area (Å²) in [5.74, 6) is 0.954. The van der Waals surface area contributed by atoms with Crippen molar-refractivity contribution >= 4 is 11.4 Å². The molecule has 0 fully saturated rings. The molecule has 3 rings (SSSR count). The van der Waals surface area contributed by atoms with Gasteiger partial charge in [-0.2, -0.15) is 0 Å². The molecular weight excluding hydrogens is 248 g/mol. The lowest BCUT2D eigenvalue weighted by atomic mass is 10.1. The van der Waals surface area contributed by atoms with Crippen molar-refractivity contribution in [3.05, 3.63) is 54.1 Å². The lowest BCUT2D eigenvalue weighted by molar-refractivity contribution is 0.408.